The van der Waals surface area contributed by atoms with E-state index < -0.39 is 0 Å². The van der Waals surface area contributed by atoms with E-state index in [2.05, 4.69) is 41.5 Å². The van der Waals surface area contributed by atoms with Gasteiger partial charge in [0.15, 0.2) is 0 Å². The number of nitrogens with zero attached hydrogens (tertiary/aromatic N) is 3. The van der Waals surface area contributed by atoms with Gasteiger partial charge in [0.25, 0.3) is 11.8 Å². The number of thioether (sulfide) groups is 1. The Morgan fingerprint density at radius 3 is 2.17 bits per heavy atom. The normalized spacial score (nSPS) is 13.3. The molecule has 0 fully saturated rings. The molecule has 1 heterocycles. The molecule has 1 unspecified atom stereocenters. The largest absolute Gasteiger partial charge is 0.395 e. The van der Waals surface area contributed by atoms with Crippen molar-refractivity contribution >= 4 is 40.9 Å². The summed E-state index contributed by atoms with van der Waals surface area (Å²) in [7, 11) is 0. The molecule has 1 atom stereocenters. The van der Waals surface area contributed by atoms with E-state index in [9.17, 15) is 14.4 Å². The van der Waals surface area contributed by atoms with Crippen molar-refractivity contribution in [2.75, 3.05) is 108 Å². The minimum Gasteiger partial charge on any atom is -0.395 e. The van der Waals surface area contributed by atoms with Crippen LogP contribution in [0.1, 0.15) is 76.6 Å². The molecular formula is C49H65N5O9S. The number of pyridine rings is 1. The van der Waals surface area contributed by atoms with Gasteiger partial charge in [0, 0.05) is 66.3 Å². The SMILES string of the molecule is CCN(CC)c1ccc(NC(=O)c2cccc(CSCCOCCOCCOCCOCCC(=O)N(CCO)CCO)c2)c(-c2cc(C(=O)NC3CCCc4ccccc43)ccn2)c1. The van der Waals surface area contributed by atoms with Crippen LogP contribution >= 0.6 is 11.8 Å². The van der Waals surface area contributed by atoms with E-state index in [4.69, 9.17) is 34.1 Å². The van der Waals surface area contributed by atoms with Crippen LogP contribution in [0.3, 0.4) is 0 Å². The molecule has 0 aliphatic heterocycles. The number of nitrogens with one attached hydrogen (secondary N) is 2. The number of aliphatic hydroxyl groups excluding tert-OH is 2. The highest BCUT2D eigenvalue weighted by Gasteiger charge is 2.23. The lowest BCUT2D eigenvalue weighted by molar-refractivity contribution is -0.133. The predicted octanol–water partition coefficient (Wildman–Crippen LogP) is 6.16. The highest BCUT2D eigenvalue weighted by atomic mass is 32.2. The molecule has 3 aromatic carbocycles. The Kier molecular flexibility index (Phi) is 22.0. The van der Waals surface area contributed by atoms with E-state index in [-0.39, 0.29) is 63.1 Å². The molecule has 4 N–H and O–H groups in total. The molecular weight excluding hydrogens is 835 g/mol. The van der Waals surface area contributed by atoms with Gasteiger partial charge in [-0.25, -0.2) is 0 Å². The quantitative estimate of drug-likeness (QED) is 0.0459. The summed E-state index contributed by atoms with van der Waals surface area (Å²) in [4.78, 5) is 47.9. The first-order chi connectivity index (χ1) is 31.3. The molecule has 4 aromatic rings. The van der Waals surface area contributed by atoms with Crippen molar-refractivity contribution in [2.24, 2.45) is 0 Å². The summed E-state index contributed by atoms with van der Waals surface area (Å²) in [6.45, 7) is 9.26. The average Bonchev–Trinajstić information content (AvgIpc) is 3.32. The lowest BCUT2D eigenvalue weighted by Gasteiger charge is -2.26. The monoisotopic (exact) mass is 899 g/mol. The van der Waals surface area contributed by atoms with Gasteiger partial charge in [-0.15, -0.1) is 0 Å². The minimum absolute atomic E-state index is 0.0473. The van der Waals surface area contributed by atoms with Crippen LogP contribution < -0.4 is 15.5 Å². The van der Waals surface area contributed by atoms with Crippen LogP contribution in [-0.4, -0.2) is 136 Å². The molecule has 0 saturated carbocycles. The van der Waals surface area contributed by atoms with Gasteiger partial charge < -0.3 is 49.6 Å². The maximum Gasteiger partial charge on any atom is 0.255 e. The number of carbonyl (C=O) groups excluding carboxylic acids is 3. The van der Waals surface area contributed by atoms with Gasteiger partial charge in [-0.3, -0.25) is 19.4 Å². The molecule has 1 aliphatic rings. The third-order valence-corrected chi connectivity index (χ3v) is 11.8. The van der Waals surface area contributed by atoms with Crippen LogP contribution in [0.2, 0.25) is 0 Å². The van der Waals surface area contributed by atoms with Crippen molar-refractivity contribution in [3.05, 3.63) is 113 Å². The second-order valence-corrected chi connectivity index (χ2v) is 16.3. The molecule has 14 nitrogen and oxygen atoms in total. The number of carbonyl (C=O) groups is 3. The number of aryl methyl sites for hydroxylation is 1. The van der Waals surface area contributed by atoms with Gasteiger partial charge in [-0.05, 0) is 92.3 Å². The van der Waals surface area contributed by atoms with E-state index in [1.807, 2.05) is 54.6 Å². The maximum absolute atomic E-state index is 13.8. The third-order valence-electron chi connectivity index (χ3n) is 10.9. The summed E-state index contributed by atoms with van der Waals surface area (Å²) in [6, 6.07) is 25.4. The van der Waals surface area contributed by atoms with E-state index in [1.54, 1.807) is 30.1 Å². The second kappa shape index (κ2) is 28.1. The summed E-state index contributed by atoms with van der Waals surface area (Å²) < 4.78 is 22.3. The van der Waals surface area contributed by atoms with E-state index in [0.717, 1.165) is 60.7 Å². The molecule has 3 amide bonds. The van der Waals surface area contributed by atoms with Crippen LogP contribution in [0.25, 0.3) is 11.3 Å². The number of fused-ring (bicyclic) bond motifs is 1. The Bertz CT molecular complexity index is 2050. The lowest BCUT2D eigenvalue weighted by atomic mass is 9.87. The van der Waals surface area contributed by atoms with Gasteiger partial charge in [-0.1, -0.05) is 36.4 Å². The van der Waals surface area contributed by atoms with E-state index in [1.165, 1.54) is 16.0 Å². The zero-order valence-corrected chi connectivity index (χ0v) is 38.1. The number of benzene rings is 3. The van der Waals surface area contributed by atoms with Crippen LogP contribution in [0, 0.1) is 0 Å². The Hall–Kier alpha value is -4.87. The fraction of sp³-hybridized carbons (Fsp3) is 0.469. The van der Waals surface area contributed by atoms with Crippen molar-refractivity contribution < 1.29 is 43.5 Å². The molecule has 0 bridgehead atoms. The average molecular weight is 900 g/mol. The smallest absolute Gasteiger partial charge is 0.255 e. The number of hydrogen-bond acceptors (Lipinski definition) is 12. The summed E-state index contributed by atoms with van der Waals surface area (Å²) >= 11 is 1.72. The van der Waals surface area contributed by atoms with E-state index >= 15 is 0 Å². The topological polar surface area (TPSA) is 172 Å². The van der Waals surface area contributed by atoms with Crippen LogP contribution in [0.4, 0.5) is 11.4 Å². The molecule has 0 spiro atoms. The Morgan fingerprint density at radius 1 is 0.766 bits per heavy atom. The van der Waals surface area contributed by atoms with Crippen molar-refractivity contribution in [3.8, 4) is 11.3 Å². The molecule has 5 rings (SSSR count). The van der Waals surface area contributed by atoms with Crippen molar-refractivity contribution in [2.45, 2.75) is 51.3 Å². The number of hydrogen-bond donors (Lipinski definition) is 4. The molecule has 0 radical (unpaired) electrons. The van der Waals surface area contributed by atoms with Gasteiger partial charge >= 0.3 is 0 Å². The fourth-order valence-corrected chi connectivity index (χ4v) is 8.29. The number of anilines is 2. The zero-order chi connectivity index (χ0) is 45.4. The predicted molar refractivity (Wildman–Crippen MR) is 252 cm³/mol. The Balaban J connectivity index is 1.03. The molecule has 64 heavy (non-hydrogen) atoms. The zero-order valence-electron chi connectivity index (χ0n) is 37.3. The van der Waals surface area contributed by atoms with Crippen LogP contribution in [-0.2, 0) is 35.9 Å². The number of aliphatic hydroxyl groups is 2. The number of ether oxygens (including phenoxy) is 4. The van der Waals surface area contributed by atoms with Crippen molar-refractivity contribution in [3.63, 3.8) is 0 Å². The summed E-state index contributed by atoms with van der Waals surface area (Å²) in [5.41, 5.74) is 7.48. The van der Waals surface area contributed by atoms with Crippen molar-refractivity contribution in [1.29, 1.82) is 0 Å². The first-order valence-corrected chi connectivity index (χ1v) is 23.5. The number of amides is 3. The van der Waals surface area contributed by atoms with Gasteiger partial charge in [0.2, 0.25) is 5.91 Å². The van der Waals surface area contributed by atoms with Crippen molar-refractivity contribution in [1.82, 2.24) is 15.2 Å². The molecule has 15 heteroatoms. The van der Waals surface area contributed by atoms with Gasteiger partial charge in [0.1, 0.15) is 0 Å². The van der Waals surface area contributed by atoms with Crippen LogP contribution in [0.15, 0.2) is 85.1 Å². The highest BCUT2D eigenvalue weighted by Crippen LogP contribution is 2.33. The summed E-state index contributed by atoms with van der Waals surface area (Å²) in [5.74, 6) is 0.946. The first kappa shape index (κ1) is 50.1. The number of rotatable bonds is 29. The third kappa shape index (κ3) is 16.0. The molecule has 1 aliphatic carbocycles. The van der Waals surface area contributed by atoms with Crippen LogP contribution in [0.5, 0.6) is 0 Å². The molecule has 1 aromatic heterocycles. The Labute approximate surface area is 382 Å². The highest BCUT2D eigenvalue weighted by molar-refractivity contribution is 7.98. The standard InChI is InChI=1S/C49H65N5O9S/c1-3-53(4-2)41-15-16-45(43(35-41)46-34-40(17-19-50-46)49(59)51-44-14-8-11-38-10-5-6-13-42(38)44)52-48(58)39-12-7-9-37(33-39)36-64-32-31-63-30-29-62-28-27-61-26-25-60-24-18-47(57)54(20-22-55)21-23-56/h5-7,9-10,12-13,15-17,19,33-35,44,55-56H,3-4,8,11,14,18,20-32,36H2,1-2H3,(H,51,59)(H,52,58). The Morgan fingerprint density at radius 2 is 1.45 bits per heavy atom. The maximum atomic E-state index is 13.8. The summed E-state index contributed by atoms with van der Waals surface area (Å²) in [5, 5.41) is 24.5. The first-order valence-electron chi connectivity index (χ1n) is 22.4. The van der Waals surface area contributed by atoms with Gasteiger partial charge in [0.05, 0.1) is 89.9 Å². The fourth-order valence-electron chi connectivity index (χ4n) is 7.49. The minimum atomic E-state index is -0.235. The van der Waals surface area contributed by atoms with E-state index in [0.29, 0.717) is 68.8 Å². The van der Waals surface area contributed by atoms with Gasteiger partial charge in [-0.2, -0.15) is 11.8 Å². The molecule has 346 valence electrons. The second-order valence-electron chi connectivity index (χ2n) is 15.2. The number of aromatic nitrogens is 1. The molecule has 0 saturated heterocycles. The summed E-state index contributed by atoms with van der Waals surface area (Å²) in [6.07, 6.45) is 4.77. The lowest BCUT2D eigenvalue weighted by Crippen LogP contribution is -2.36.